The topological polar surface area (TPSA) is 33.3 Å². The summed E-state index contributed by atoms with van der Waals surface area (Å²) in [5.41, 5.74) is 0.967. The Morgan fingerprint density at radius 3 is 2.71 bits per heavy atom. The van der Waals surface area contributed by atoms with Gasteiger partial charge in [-0.05, 0) is 49.3 Å². The minimum absolute atomic E-state index is 0.522. The number of benzene rings is 1. The van der Waals surface area contributed by atoms with Crippen LogP contribution in [0.15, 0.2) is 36.9 Å². The van der Waals surface area contributed by atoms with Crippen LogP contribution in [-0.4, -0.2) is 17.8 Å². The third-order valence-electron chi connectivity index (χ3n) is 2.39. The molecule has 1 aliphatic rings. The Hall–Kier alpha value is -1.55. The fourth-order valence-corrected chi connectivity index (χ4v) is 1.65. The lowest BCUT2D eigenvalue weighted by Gasteiger charge is -2.10. The highest BCUT2D eigenvalue weighted by Crippen LogP contribution is 2.19. The van der Waals surface area contributed by atoms with Crippen molar-refractivity contribution >= 4 is 23.0 Å². The monoisotopic (exact) mass is 248 g/mol. The summed E-state index contributed by atoms with van der Waals surface area (Å²) in [7, 11) is 0. The highest BCUT2D eigenvalue weighted by molar-refractivity contribution is 7.80. The molecule has 1 fully saturated rings. The van der Waals surface area contributed by atoms with Crippen LogP contribution in [0, 0.1) is 0 Å². The van der Waals surface area contributed by atoms with Crippen LogP contribution in [-0.2, 0) is 0 Å². The molecule has 90 valence electrons. The predicted molar refractivity (Wildman–Crippen MR) is 74.5 cm³/mol. The highest BCUT2D eigenvalue weighted by atomic mass is 32.1. The van der Waals surface area contributed by atoms with Crippen molar-refractivity contribution in [3.05, 3.63) is 36.9 Å². The van der Waals surface area contributed by atoms with E-state index in [9.17, 15) is 0 Å². The van der Waals surface area contributed by atoms with Crippen LogP contribution < -0.4 is 15.4 Å². The predicted octanol–water partition coefficient (Wildman–Crippen LogP) is 2.70. The molecule has 0 radical (unpaired) electrons. The normalized spacial score (nSPS) is 13.9. The molecule has 1 aromatic carbocycles. The minimum Gasteiger partial charge on any atom is -0.490 e. The van der Waals surface area contributed by atoms with Gasteiger partial charge in [0.05, 0.1) is 0 Å². The van der Waals surface area contributed by atoms with E-state index in [2.05, 4.69) is 17.2 Å². The van der Waals surface area contributed by atoms with Crippen LogP contribution in [0.5, 0.6) is 5.75 Å². The summed E-state index contributed by atoms with van der Waals surface area (Å²) in [6.07, 6.45) is 4.16. The van der Waals surface area contributed by atoms with Crippen molar-refractivity contribution in [2.45, 2.75) is 18.9 Å². The summed E-state index contributed by atoms with van der Waals surface area (Å²) in [6, 6.07) is 8.28. The number of anilines is 1. The van der Waals surface area contributed by atoms with Crippen molar-refractivity contribution in [1.82, 2.24) is 5.32 Å². The maximum atomic E-state index is 5.40. The van der Waals surface area contributed by atoms with Gasteiger partial charge in [0.15, 0.2) is 5.11 Å². The zero-order valence-electron chi connectivity index (χ0n) is 9.61. The molecule has 0 saturated heterocycles. The quantitative estimate of drug-likeness (QED) is 0.620. The van der Waals surface area contributed by atoms with Crippen molar-refractivity contribution < 1.29 is 4.74 Å². The second-order valence-electron chi connectivity index (χ2n) is 4.00. The number of rotatable bonds is 5. The summed E-state index contributed by atoms with van der Waals surface area (Å²) < 4.78 is 5.40. The molecule has 17 heavy (non-hydrogen) atoms. The van der Waals surface area contributed by atoms with E-state index in [1.165, 1.54) is 12.8 Å². The van der Waals surface area contributed by atoms with Gasteiger partial charge in [0.1, 0.15) is 12.4 Å². The van der Waals surface area contributed by atoms with E-state index in [1.54, 1.807) is 6.08 Å². The van der Waals surface area contributed by atoms with Gasteiger partial charge >= 0.3 is 0 Å². The van der Waals surface area contributed by atoms with Crippen molar-refractivity contribution in [2.75, 3.05) is 11.9 Å². The van der Waals surface area contributed by atoms with Gasteiger partial charge in [-0.2, -0.15) is 0 Å². The van der Waals surface area contributed by atoms with E-state index in [4.69, 9.17) is 17.0 Å². The smallest absolute Gasteiger partial charge is 0.170 e. The van der Waals surface area contributed by atoms with Gasteiger partial charge in [0.25, 0.3) is 0 Å². The van der Waals surface area contributed by atoms with Crippen LogP contribution in [0.4, 0.5) is 5.69 Å². The molecule has 0 unspecified atom stereocenters. The molecule has 0 bridgehead atoms. The first-order valence-electron chi connectivity index (χ1n) is 5.69. The van der Waals surface area contributed by atoms with Crippen LogP contribution in [0.3, 0.4) is 0 Å². The first-order chi connectivity index (χ1) is 8.28. The van der Waals surface area contributed by atoms with Crippen LogP contribution in [0.25, 0.3) is 0 Å². The SMILES string of the molecule is C=CCOc1ccc(NC(=S)NC2CC2)cc1. The molecule has 0 aliphatic heterocycles. The van der Waals surface area contributed by atoms with Gasteiger partial charge in [0, 0.05) is 11.7 Å². The molecule has 0 amide bonds. The maximum absolute atomic E-state index is 5.40. The summed E-state index contributed by atoms with van der Waals surface area (Å²) in [5.74, 6) is 0.830. The molecule has 0 aromatic heterocycles. The molecule has 0 heterocycles. The molecule has 2 rings (SSSR count). The molecule has 0 spiro atoms. The zero-order valence-corrected chi connectivity index (χ0v) is 10.4. The van der Waals surface area contributed by atoms with E-state index in [0.717, 1.165) is 11.4 Å². The van der Waals surface area contributed by atoms with E-state index in [1.807, 2.05) is 24.3 Å². The van der Waals surface area contributed by atoms with Gasteiger partial charge < -0.3 is 15.4 Å². The van der Waals surface area contributed by atoms with Crippen LogP contribution >= 0.6 is 12.2 Å². The van der Waals surface area contributed by atoms with Crippen LogP contribution in [0.2, 0.25) is 0 Å². The Kier molecular flexibility index (Phi) is 3.98. The summed E-state index contributed by atoms with van der Waals surface area (Å²) in [5, 5.41) is 7.06. The largest absolute Gasteiger partial charge is 0.490 e. The molecule has 1 aliphatic carbocycles. The fraction of sp³-hybridized carbons (Fsp3) is 0.308. The van der Waals surface area contributed by atoms with Gasteiger partial charge in [-0.25, -0.2) is 0 Å². The second kappa shape index (κ2) is 5.68. The average molecular weight is 248 g/mol. The highest BCUT2D eigenvalue weighted by Gasteiger charge is 2.21. The van der Waals surface area contributed by atoms with E-state index in [-0.39, 0.29) is 0 Å². The number of thiocarbonyl (C=S) groups is 1. The van der Waals surface area contributed by atoms with Gasteiger partial charge in [-0.15, -0.1) is 0 Å². The van der Waals surface area contributed by atoms with Gasteiger partial charge in [-0.3, -0.25) is 0 Å². The standard InChI is InChI=1S/C13H16N2OS/c1-2-9-16-12-7-5-11(6-8-12)15-13(17)14-10-3-4-10/h2,5-8,10H,1,3-4,9H2,(H2,14,15,17). The van der Waals surface area contributed by atoms with Crippen molar-refractivity contribution in [3.63, 3.8) is 0 Å². The van der Waals surface area contributed by atoms with E-state index in [0.29, 0.717) is 17.8 Å². The fourth-order valence-electron chi connectivity index (χ4n) is 1.37. The molecule has 2 N–H and O–H groups in total. The summed E-state index contributed by atoms with van der Waals surface area (Å²) in [4.78, 5) is 0. The molecule has 1 saturated carbocycles. The minimum atomic E-state index is 0.522. The van der Waals surface area contributed by atoms with Gasteiger partial charge in [-0.1, -0.05) is 12.7 Å². The first-order valence-corrected chi connectivity index (χ1v) is 6.10. The molecular formula is C13H16N2OS. The Labute approximate surface area is 107 Å². The molecule has 3 nitrogen and oxygen atoms in total. The Morgan fingerprint density at radius 1 is 1.41 bits per heavy atom. The number of hydrogen-bond donors (Lipinski definition) is 2. The number of ether oxygens (including phenoxy) is 1. The molecule has 4 heteroatoms. The third kappa shape index (κ3) is 4.07. The number of hydrogen-bond acceptors (Lipinski definition) is 2. The maximum Gasteiger partial charge on any atom is 0.170 e. The molecule has 0 atom stereocenters. The van der Waals surface area contributed by atoms with Crippen molar-refractivity contribution in [2.24, 2.45) is 0 Å². The number of nitrogens with one attached hydrogen (secondary N) is 2. The van der Waals surface area contributed by atoms with Crippen molar-refractivity contribution in [1.29, 1.82) is 0 Å². The molecular weight excluding hydrogens is 232 g/mol. The van der Waals surface area contributed by atoms with Crippen molar-refractivity contribution in [3.8, 4) is 5.75 Å². The first kappa shape index (κ1) is 11.9. The Bertz CT molecular complexity index is 398. The summed E-state index contributed by atoms with van der Waals surface area (Å²) in [6.45, 7) is 4.13. The molecule has 1 aromatic rings. The lowest BCUT2D eigenvalue weighted by Crippen LogP contribution is -2.30. The van der Waals surface area contributed by atoms with E-state index < -0.39 is 0 Å². The average Bonchev–Trinajstić information content (AvgIpc) is 3.12. The Balaban J connectivity index is 1.83. The summed E-state index contributed by atoms with van der Waals surface area (Å²) >= 11 is 5.19. The second-order valence-corrected chi connectivity index (χ2v) is 4.41. The van der Waals surface area contributed by atoms with Gasteiger partial charge in [0.2, 0.25) is 0 Å². The van der Waals surface area contributed by atoms with Crippen LogP contribution in [0.1, 0.15) is 12.8 Å². The lowest BCUT2D eigenvalue weighted by atomic mass is 10.3. The zero-order chi connectivity index (χ0) is 12.1. The third-order valence-corrected chi connectivity index (χ3v) is 2.61. The van der Waals surface area contributed by atoms with E-state index >= 15 is 0 Å². The Morgan fingerprint density at radius 2 is 2.12 bits per heavy atom. The lowest BCUT2D eigenvalue weighted by molar-refractivity contribution is 0.363.